The molecular weight excluding hydrogens is 244 g/mol. The van der Waals surface area contributed by atoms with Crippen LogP contribution in [0.15, 0.2) is 12.3 Å². The highest BCUT2D eigenvalue weighted by Gasteiger charge is 2.13. The molecule has 2 nitrogen and oxygen atoms in total. The van der Waals surface area contributed by atoms with Gasteiger partial charge in [0.1, 0.15) is 0 Å². The molecule has 0 spiro atoms. The third kappa shape index (κ3) is 12.5. The molecule has 3 N–H and O–H groups in total. The molecule has 120 valence electrons. The van der Waals surface area contributed by atoms with Crippen molar-refractivity contribution >= 4 is 0 Å². The quantitative estimate of drug-likeness (QED) is 0.593. The molecule has 0 aromatic carbocycles. The highest BCUT2D eigenvalue weighted by Crippen LogP contribution is 2.23. The molecule has 0 aromatic heterocycles. The number of unbranched alkanes of at least 4 members (excludes halogenated alkanes) is 1. The lowest BCUT2D eigenvalue weighted by Gasteiger charge is -2.21. The van der Waals surface area contributed by atoms with E-state index in [9.17, 15) is 0 Å². The van der Waals surface area contributed by atoms with Crippen molar-refractivity contribution < 1.29 is 0 Å². The van der Waals surface area contributed by atoms with Gasteiger partial charge in [-0.2, -0.15) is 0 Å². The average molecular weight is 283 g/mol. The Balaban J connectivity index is 3.66. The molecule has 0 saturated carbocycles. The van der Waals surface area contributed by atoms with Crippen molar-refractivity contribution in [1.29, 1.82) is 0 Å². The van der Waals surface area contributed by atoms with Crippen molar-refractivity contribution in [3.8, 4) is 0 Å². The van der Waals surface area contributed by atoms with Gasteiger partial charge in [0.05, 0.1) is 0 Å². The Labute approximate surface area is 127 Å². The third-order valence-corrected chi connectivity index (χ3v) is 3.60. The van der Waals surface area contributed by atoms with E-state index in [2.05, 4.69) is 53.4 Å². The Morgan fingerprint density at radius 2 is 1.45 bits per heavy atom. The molecule has 1 atom stereocenters. The normalized spacial score (nSPS) is 14.2. The van der Waals surface area contributed by atoms with Crippen LogP contribution in [0.4, 0.5) is 0 Å². The molecular formula is C18H38N2. The van der Waals surface area contributed by atoms with Gasteiger partial charge in [-0.05, 0) is 36.5 Å². The molecule has 0 amide bonds. The Hall–Kier alpha value is -0.500. The van der Waals surface area contributed by atoms with E-state index in [-0.39, 0.29) is 6.04 Å². The predicted octanol–water partition coefficient (Wildman–Crippen LogP) is 4.85. The molecule has 0 bridgehead atoms. The molecule has 0 aliphatic carbocycles. The van der Waals surface area contributed by atoms with Gasteiger partial charge in [0.2, 0.25) is 0 Å². The molecule has 0 rings (SSSR count). The lowest BCUT2D eigenvalue weighted by atomic mass is 9.89. The topological polar surface area (TPSA) is 38.0 Å². The zero-order chi connectivity index (χ0) is 15.8. The first kappa shape index (κ1) is 19.5. The molecule has 2 heteroatoms. The minimum atomic E-state index is 0.0972. The van der Waals surface area contributed by atoms with E-state index < -0.39 is 0 Å². The number of hydrogen-bond donors (Lipinski definition) is 2. The maximum atomic E-state index is 6.17. The average Bonchev–Trinajstić information content (AvgIpc) is 2.24. The zero-order valence-corrected chi connectivity index (χ0v) is 14.8. The summed E-state index contributed by atoms with van der Waals surface area (Å²) in [6, 6.07) is 0.0972. The van der Waals surface area contributed by atoms with E-state index >= 15 is 0 Å². The van der Waals surface area contributed by atoms with E-state index in [1.165, 1.54) is 32.1 Å². The van der Waals surface area contributed by atoms with Gasteiger partial charge in [0.25, 0.3) is 0 Å². The molecule has 0 radical (unpaired) electrons. The minimum Gasteiger partial charge on any atom is -0.388 e. The fourth-order valence-electron chi connectivity index (χ4n) is 2.19. The lowest BCUT2D eigenvalue weighted by Crippen LogP contribution is -2.31. The van der Waals surface area contributed by atoms with Crippen molar-refractivity contribution in [2.75, 3.05) is 6.54 Å². The van der Waals surface area contributed by atoms with Crippen molar-refractivity contribution in [3.63, 3.8) is 0 Å². The SMILES string of the molecule is C=C(NCCCCC(C)(C)C)C(N)CCCC(C)(C)C. The fraction of sp³-hybridized carbons (Fsp3) is 0.889. The van der Waals surface area contributed by atoms with Crippen LogP contribution in [0.5, 0.6) is 0 Å². The Bertz CT molecular complexity index is 268. The van der Waals surface area contributed by atoms with Gasteiger partial charge in [0, 0.05) is 18.3 Å². The number of rotatable bonds is 9. The van der Waals surface area contributed by atoms with Crippen LogP contribution in [-0.2, 0) is 0 Å². The standard InChI is InChI=1S/C18H38N2/c1-15(16(19)11-10-13-18(5,6)7)20-14-9-8-12-17(2,3)4/h16,20H,1,8-14,19H2,2-7H3. The number of nitrogens with two attached hydrogens (primary N) is 1. The minimum absolute atomic E-state index is 0.0972. The number of hydrogen-bond acceptors (Lipinski definition) is 2. The van der Waals surface area contributed by atoms with Gasteiger partial charge in [-0.1, -0.05) is 61.0 Å². The molecule has 0 saturated heterocycles. The molecule has 0 aromatic rings. The Morgan fingerprint density at radius 3 is 1.95 bits per heavy atom. The van der Waals surface area contributed by atoms with Gasteiger partial charge >= 0.3 is 0 Å². The summed E-state index contributed by atoms with van der Waals surface area (Å²) in [5.74, 6) is 0. The summed E-state index contributed by atoms with van der Waals surface area (Å²) < 4.78 is 0. The van der Waals surface area contributed by atoms with Crippen LogP contribution in [0, 0.1) is 10.8 Å². The van der Waals surface area contributed by atoms with E-state index in [4.69, 9.17) is 5.73 Å². The van der Waals surface area contributed by atoms with Crippen LogP contribution in [0.1, 0.15) is 80.1 Å². The second kappa shape index (κ2) is 8.71. The van der Waals surface area contributed by atoms with Crippen LogP contribution in [0.3, 0.4) is 0 Å². The predicted molar refractivity (Wildman–Crippen MR) is 91.7 cm³/mol. The summed E-state index contributed by atoms with van der Waals surface area (Å²) >= 11 is 0. The first-order valence-electron chi connectivity index (χ1n) is 8.19. The molecule has 0 fully saturated rings. The van der Waals surface area contributed by atoms with Gasteiger partial charge in [0.15, 0.2) is 0 Å². The Morgan fingerprint density at radius 1 is 0.950 bits per heavy atom. The van der Waals surface area contributed by atoms with Crippen LogP contribution >= 0.6 is 0 Å². The van der Waals surface area contributed by atoms with Crippen molar-refractivity contribution in [1.82, 2.24) is 5.32 Å². The largest absolute Gasteiger partial charge is 0.388 e. The van der Waals surface area contributed by atoms with Crippen molar-refractivity contribution in [3.05, 3.63) is 12.3 Å². The summed E-state index contributed by atoms with van der Waals surface area (Å²) in [4.78, 5) is 0. The molecule has 1 unspecified atom stereocenters. The molecule has 20 heavy (non-hydrogen) atoms. The highest BCUT2D eigenvalue weighted by molar-refractivity contribution is 5.01. The summed E-state index contributed by atoms with van der Waals surface area (Å²) in [5.41, 5.74) is 8.03. The van der Waals surface area contributed by atoms with E-state index in [0.29, 0.717) is 10.8 Å². The van der Waals surface area contributed by atoms with E-state index in [0.717, 1.165) is 18.7 Å². The van der Waals surface area contributed by atoms with Crippen LogP contribution < -0.4 is 11.1 Å². The molecule has 0 aliphatic heterocycles. The van der Waals surface area contributed by atoms with Crippen LogP contribution in [0.2, 0.25) is 0 Å². The number of nitrogens with one attached hydrogen (secondary N) is 1. The van der Waals surface area contributed by atoms with Crippen LogP contribution in [-0.4, -0.2) is 12.6 Å². The zero-order valence-electron chi connectivity index (χ0n) is 14.8. The summed E-state index contributed by atoms with van der Waals surface area (Å²) in [6.07, 6.45) is 7.17. The fourth-order valence-corrected chi connectivity index (χ4v) is 2.19. The van der Waals surface area contributed by atoms with Crippen LogP contribution in [0.25, 0.3) is 0 Å². The molecule has 0 aliphatic rings. The second-order valence-electron chi connectivity index (χ2n) is 8.53. The van der Waals surface area contributed by atoms with Gasteiger partial charge in [-0.3, -0.25) is 0 Å². The third-order valence-electron chi connectivity index (χ3n) is 3.60. The smallest absolute Gasteiger partial charge is 0.0438 e. The Kier molecular flexibility index (Phi) is 8.50. The highest BCUT2D eigenvalue weighted by atomic mass is 14.9. The maximum Gasteiger partial charge on any atom is 0.0438 e. The first-order chi connectivity index (χ1) is 9.01. The summed E-state index contributed by atoms with van der Waals surface area (Å²) in [7, 11) is 0. The van der Waals surface area contributed by atoms with E-state index in [1.807, 2.05) is 0 Å². The van der Waals surface area contributed by atoms with E-state index in [1.54, 1.807) is 0 Å². The van der Waals surface area contributed by atoms with Gasteiger partial charge in [-0.15, -0.1) is 0 Å². The second-order valence-corrected chi connectivity index (χ2v) is 8.53. The monoisotopic (exact) mass is 282 g/mol. The van der Waals surface area contributed by atoms with Gasteiger partial charge < -0.3 is 11.1 Å². The van der Waals surface area contributed by atoms with Gasteiger partial charge in [-0.25, -0.2) is 0 Å². The van der Waals surface area contributed by atoms with Crippen molar-refractivity contribution in [2.24, 2.45) is 16.6 Å². The van der Waals surface area contributed by atoms with Crippen molar-refractivity contribution in [2.45, 2.75) is 86.1 Å². The molecule has 0 heterocycles. The maximum absolute atomic E-state index is 6.17. The summed E-state index contributed by atoms with van der Waals surface area (Å²) in [5, 5.41) is 3.40. The lowest BCUT2D eigenvalue weighted by molar-refractivity contribution is 0.353. The summed E-state index contributed by atoms with van der Waals surface area (Å²) in [6.45, 7) is 18.8. The first-order valence-corrected chi connectivity index (χ1v) is 8.19.